The maximum Gasteiger partial charge on any atom is 0.426 e. The maximum atomic E-state index is 13.5. The summed E-state index contributed by atoms with van der Waals surface area (Å²) < 4.78 is 50.9. The van der Waals surface area contributed by atoms with E-state index >= 15 is 0 Å². The van der Waals surface area contributed by atoms with Crippen molar-refractivity contribution in [2.24, 2.45) is 0 Å². The number of hydrogen-bond acceptors (Lipinski definition) is 4. The van der Waals surface area contributed by atoms with Crippen molar-refractivity contribution in [2.45, 2.75) is 24.8 Å². The smallest absolute Gasteiger partial charge is 0.426 e. The maximum absolute atomic E-state index is 13.5. The van der Waals surface area contributed by atoms with Crippen LogP contribution < -0.4 is 5.32 Å². The lowest BCUT2D eigenvalue weighted by molar-refractivity contribution is -0.209. The van der Waals surface area contributed by atoms with Crippen LogP contribution in [0.3, 0.4) is 0 Å². The summed E-state index contributed by atoms with van der Waals surface area (Å²) in [4.78, 5) is 13.6. The standard InChI is InChI=1S/C21H22ClF3N2O3/c22-16-6-8-17(9-7-16)26-20(28)30-19(21(23,24)25)14-27-10-11-29-18(13-27)12-15-4-2-1-3-5-15/h1-9,18-19H,10-14H2,(H,26,28)/t18-,19-/m0/s1. The van der Waals surface area contributed by atoms with Crippen LogP contribution in [0.4, 0.5) is 23.7 Å². The lowest BCUT2D eigenvalue weighted by Crippen LogP contribution is -2.50. The highest BCUT2D eigenvalue weighted by Gasteiger charge is 2.44. The molecule has 0 aliphatic carbocycles. The number of amides is 1. The molecule has 1 amide bonds. The SMILES string of the molecule is O=C(Nc1ccc(Cl)cc1)O[C@@H](CN1CCO[C@@H](Cc2ccccc2)C1)C(F)(F)F. The monoisotopic (exact) mass is 442 g/mol. The van der Waals surface area contributed by atoms with E-state index in [1.165, 1.54) is 24.3 Å². The molecule has 0 aromatic heterocycles. The Labute approximate surface area is 177 Å². The second-order valence-corrected chi connectivity index (χ2v) is 7.45. The van der Waals surface area contributed by atoms with E-state index in [4.69, 9.17) is 21.1 Å². The number of alkyl halides is 3. The fourth-order valence-corrected chi connectivity index (χ4v) is 3.32. The van der Waals surface area contributed by atoms with Gasteiger partial charge in [0.2, 0.25) is 6.10 Å². The lowest BCUT2D eigenvalue weighted by atomic mass is 10.1. The third-order valence-electron chi connectivity index (χ3n) is 4.66. The minimum atomic E-state index is -4.69. The molecule has 1 heterocycles. The molecule has 30 heavy (non-hydrogen) atoms. The zero-order valence-corrected chi connectivity index (χ0v) is 16.8. The molecule has 1 N–H and O–H groups in total. The van der Waals surface area contributed by atoms with E-state index in [1.807, 2.05) is 30.3 Å². The van der Waals surface area contributed by atoms with Gasteiger partial charge in [0, 0.05) is 30.3 Å². The van der Waals surface area contributed by atoms with Crippen molar-refractivity contribution in [1.29, 1.82) is 0 Å². The highest BCUT2D eigenvalue weighted by atomic mass is 35.5. The Morgan fingerprint density at radius 1 is 1.20 bits per heavy atom. The van der Waals surface area contributed by atoms with Crippen LogP contribution in [0.2, 0.25) is 5.02 Å². The van der Waals surface area contributed by atoms with Crippen molar-refractivity contribution in [3.8, 4) is 0 Å². The van der Waals surface area contributed by atoms with Gasteiger partial charge >= 0.3 is 12.3 Å². The van der Waals surface area contributed by atoms with Crippen molar-refractivity contribution in [1.82, 2.24) is 4.90 Å². The summed E-state index contributed by atoms with van der Waals surface area (Å²) in [5.41, 5.74) is 1.34. The van der Waals surface area contributed by atoms with Crippen LogP contribution in [0.15, 0.2) is 54.6 Å². The van der Waals surface area contributed by atoms with Crippen LogP contribution in [0, 0.1) is 0 Å². The van der Waals surface area contributed by atoms with Gasteiger partial charge in [-0.1, -0.05) is 41.9 Å². The third kappa shape index (κ3) is 6.90. The predicted molar refractivity (Wildman–Crippen MR) is 108 cm³/mol. The Morgan fingerprint density at radius 3 is 2.57 bits per heavy atom. The molecule has 0 bridgehead atoms. The Kier molecular flexibility index (Phi) is 7.58. The van der Waals surface area contributed by atoms with Gasteiger partial charge in [0.25, 0.3) is 0 Å². The number of ether oxygens (including phenoxy) is 2. The second-order valence-electron chi connectivity index (χ2n) is 7.01. The first kappa shape index (κ1) is 22.4. The van der Waals surface area contributed by atoms with E-state index in [9.17, 15) is 18.0 Å². The molecule has 0 radical (unpaired) electrons. The van der Waals surface area contributed by atoms with E-state index in [2.05, 4.69) is 5.32 Å². The van der Waals surface area contributed by atoms with E-state index in [-0.39, 0.29) is 6.10 Å². The zero-order chi connectivity index (χ0) is 21.6. The Hall–Kier alpha value is -2.29. The van der Waals surface area contributed by atoms with Gasteiger partial charge in [-0.25, -0.2) is 4.79 Å². The minimum absolute atomic E-state index is 0.224. The third-order valence-corrected chi connectivity index (χ3v) is 4.91. The van der Waals surface area contributed by atoms with Gasteiger partial charge in [-0.3, -0.25) is 10.2 Å². The molecule has 0 saturated carbocycles. The number of carbonyl (C=O) groups is 1. The molecule has 1 saturated heterocycles. The number of benzene rings is 2. The fraction of sp³-hybridized carbons (Fsp3) is 0.381. The van der Waals surface area contributed by atoms with Crippen LogP contribution in [0.25, 0.3) is 0 Å². The highest BCUT2D eigenvalue weighted by molar-refractivity contribution is 6.30. The van der Waals surface area contributed by atoms with Crippen molar-refractivity contribution in [2.75, 3.05) is 31.6 Å². The van der Waals surface area contributed by atoms with Crippen molar-refractivity contribution in [3.05, 3.63) is 65.2 Å². The fourth-order valence-electron chi connectivity index (χ4n) is 3.20. The van der Waals surface area contributed by atoms with E-state index in [0.717, 1.165) is 5.56 Å². The summed E-state index contributed by atoms with van der Waals surface area (Å²) in [6, 6.07) is 15.6. The molecule has 0 spiro atoms. The first-order valence-electron chi connectivity index (χ1n) is 9.47. The number of hydrogen-bond donors (Lipinski definition) is 1. The molecule has 2 aromatic rings. The second kappa shape index (κ2) is 10.1. The molecule has 2 aromatic carbocycles. The largest absolute Gasteiger partial charge is 0.435 e. The average molecular weight is 443 g/mol. The van der Waals surface area contributed by atoms with Crippen LogP contribution in [0.5, 0.6) is 0 Å². The number of halogens is 4. The van der Waals surface area contributed by atoms with E-state index in [1.54, 1.807) is 4.90 Å². The summed E-state index contributed by atoms with van der Waals surface area (Å²) in [5.74, 6) is 0. The van der Waals surface area contributed by atoms with Gasteiger partial charge in [-0.05, 0) is 36.2 Å². The summed E-state index contributed by atoms with van der Waals surface area (Å²) >= 11 is 5.76. The Morgan fingerprint density at radius 2 is 1.90 bits per heavy atom. The molecule has 1 aliphatic rings. The predicted octanol–water partition coefficient (Wildman–Crippen LogP) is 4.76. The number of nitrogens with zero attached hydrogens (tertiary/aromatic N) is 1. The minimum Gasteiger partial charge on any atom is -0.435 e. The van der Waals surface area contributed by atoms with Gasteiger partial charge in [0.05, 0.1) is 12.7 Å². The van der Waals surface area contributed by atoms with Gasteiger partial charge < -0.3 is 9.47 Å². The molecule has 1 aliphatic heterocycles. The number of carbonyl (C=O) groups excluding carboxylic acids is 1. The van der Waals surface area contributed by atoms with Crippen LogP contribution in [-0.2, 0) is 15.9 Å². The first-order chi connectivity index (χ1) is 14.3. The van der Waals surface area contributed by atoms with Gasteiger partial charge in [-0.2, -0.15) is 13.2 Å². The van der Waals surface area contributed by atoms with Gasteiger partial charge in [-0.15, -0.1) is 0 Å². The quantitative estimate of drug-likeness (QED) is 0.700. The lowest BCUT2D eigenvalue weighted by Gasteiger charge is -2.35. The summed E-state index contributed by atoms with van der Waals surface area (Å²) in [6.45, 7) is 0.523. The topological polar surface area (TPSA) is 50.8 Å². The Balaban J connectivity index is 1.57. The molecule has 162 valence electrons. The molecule has 2 atom stereocenters. The van der Waals surface area contributed by atoms with Crippen molar-refractivity contribution < 1.29 is 27.4 Å². The molecule has 0 unspecified atom stereocenters. The number of anilines is 1. The zero-order valence-electron chi connectivity index (χ0n) is 16.1. The average Bonchev–Trinajstić information content (AvgIpc) is 2.70. The van der Waals surface area contributed by atoms with Crippen molar-refractivity contribution in [3.63, 3.8) is 0 Å². The number of nitrogens with one attached hydrogen (secondary N) is 1. The normalized spacial score (nSPS) is 18.6. The molecular weight excluding hydrogens is 421 g/mol. The number of rotatable bonds is 6. The van der Waals surface area contributed by atoms with Crippen molar-refractivity contribution >= 4 is 23.4 Å². The molecule has 5 nitrogen and oxygen atoms in total. The summed E-state index contributed by atoms with van der Waals surface area (Å²) in [6.07, 6.45) is -7.73. The molecule has 9 heteroatoms. The number of morpholine rings is 1. The first-order valence-corrected chi connectivity index (χ1v) is 9.85. The molecular formula is C21H22ClF3N2O3. The molecule has 3 rings (SSSR count). The van der Waals surface area contributed by atoms with Crippen LogP contribution in [0.1, 0.15) is 5.56 Å². The van der Waals surface area contributed by atoms with Crippen LogP contribution in [-0.4, -0.2) is 55.6 Å². The Bertz CT molecular complexity index is 818. The highest BCUT2D eigenvalue weighted by Crippen LogP contribution is 2.25. The summed E-state index contributed by atoms with van der Waals surface area (Å²) in [7, 11) is 0. The summed E-state index contributed by atoms with van der Waals surface area (Å²) in [5, 5.41) is 2.73. The van der Waals surface area contributed by atoms with Crippen LogP contribution >= 0.6 is 11.6 Å². The molecule has 1 fully saturated rings. The van der Waals surface area contributed by atoms with Gasteiger partial charge in [0.1, 0.15) is 0 Å². The van der Waals surface area contributed by atoms with E-state index in [0.29, 0.717) is 36.8 Å². The van der Waals surface area contributed by atoms with E-state index < -0.39 is 24.9 Å². The van der Waals surface area contributed by atoms with Gasteiger partial charge in [0.15, 0.2) is 0 Å².